The molecule has 9 nitrogen and oxygen atoms in total. The molecule has 3 aromatic carbocycles. The lowest BCUT2D eigenvalue weighted by molar-refractivity contribution is -0.149. The number of aromatic amines is 1. The van der Waals surface area contributed by atoms with Crippen molar-refractivity contribution in [3.05, 3.63) is 108 Å². The van der Waals surface area contributed by atoms with E-state index in [4.69, 9.17) is 9.26 Å². The van der Waals surface area contributed by atoms with Crippen molar-refractivity contribution in [3.63, 3.8) is 0 Å². The van der Waals surface area contributed by atoms with Crippen molar-refractivity contribution in [3.8, 4) is 0 Å². The quantitative estimate of drug-likeness (QED) is 0.109. The monoisotopic (exact) mass is 591 g/mol. The van der Waals surface area contributed by atoms with Gasteiger partial charge in [-0.2, -0.15) is 0 Å². The minimum Gasteiger partial charge on any atom is -0.459 e. The van der Waals surface area contributed by atoms with Gasteiger partial charge in [0.15, 0.2) is 0 Å². The molecule has 42 heavy (non-hydrogen) atoms. The number of benzene rings is 3. The van der Waals surface area contributed by atoms with Gasteiger partial charge in [0.25, 0.3) is 0 Å². The fraction of sp³-hybridized carbons (Fsp3) is 0.312. The Morgan fingerprint density at radius 2 is 1.50 bits per heavy atom. The molecule has 0 saturated carbocycles. The maximum atomic E-state index is 13.6. The second-order valence-corrected chi connectivity index (χ2v) is 12.5. The van der Waals surface area contributed by atoms with Crippen LogP contribution in [0.25, 0.3) is 10.9 Å². The highest BCUT2D eigenvalue weighted by molar-refractivity contribution is 7.52. The molecule has 222 valence electrons. The van der Waals surface area contributed by atoms with Crippen LogP contribution < -0.4 is 10.6 Å². The van der Waals surface area contributed by atoms with Crippen molar-refractivity contribution >= 4 is 30.4 Å². The summed E-state index contributed by atoms with van der Waals surface area (Å²) in [6.45, 7) is 3.94. The summed E-state index contributed by atoms with van der Waals surface area (Å²) >= 11 is 0. The van der Waals surface area contributed by atoms with E-state index >= 15 is 0 Å². The molecular formula is C32H38N3O6P. The zero-order valence-electron chi connectivity index (χ0n) is 23.9. The summed E-state index contributed by atoms with van der Waals surface area (Å²) in [7, 11) is -4.05. The highest BCUT2D eigenvalue weighted by atomic mass is 31.2. The van der Waals surface area contributed by atoms with E-state index in [0.717, 1.165) is 27.6 Å². The lowest BCUT2D eigenvalue weighted by Gasteiger charge is -2.24. The maximum Gasteiger partial charge on any atom is 0.342 e. The van der Waals surface area contributed by atoms with Crippen LogP contribution in [0.2, 0.25) is 0 Å². The molecule has 0 spiro atoms. The number of H-pyrrole nitrogens is 1. The minimum absolute atomic E-state index is 0.0305. The Kier molecular flexibility index (Phi) is 11.1. The van der Waals surface area contributed by atoms with E-state index in [9.17, 15) is 19.0 Å². The maximum absolute atomic E-state index is 13.6. The molecular weight excluding hydrogens is 553 g/mol. The summed E-state index contributed by atoms with van der Waals surface area (Å²) in [5, 5.41) is 6.71. The number of amides is 1. The number of fused-ring (bicyclic) bond motifs is 1. The number of carbonyl (C=O) groups is 2. The SMILES string of the molecule is CC(C)C[C@H](NCP(=O)(O)OCc1ccccc1)C(=O)N[C@@H](Cc1c[nH]c2ccccc12)C(=O)OCc1ccccc1. The number of ether oxygens (including phenoxy) is 1. The third kappa shape index (κ3) is 9.39. The normalized spacial score (nSPS) is 14.3. The van der Waals surface area contributed by atoms with Crippen LogP contribution in [-0.4, -0.2) is 40.1 Å². The van der Waals surface area contributed by atoms with Crippen LogP contribution >= 0.6 is 7.60 Å². The second-order valence-electron chi connectivity index (χ2n) is 10.7. The summed E-state index contributed by atoms with van der Waals surface area (Å²) in [5.41, 5.74) is 3.37. The number of hydrogen-bond acceptors (Lipinski definition) is 6. The van der Waals surface area contributed by atoms with Crippen LogP contribution in [0.15, 0.2) is 91.1 Å². The van der Waals surface area contributed by atoms with Crippen LogP contribution in [0.4, 0.5) is 0 Å². The van der Waals surface area contributed by atoms with Gasteiger partial charge in [-0.3, -0.25) is 14.7 Å². The Hall–Kier alpha value is -3.75. The van der Waals surface area contributed by atoms with Crippen molar-refractivity contribution in [2.24, 2.45) is 5.92 Å². The Balaban J connectivity index is 1.46. The molecule has 1 amide bonds. The molecule has 0 bridgehead atoms. The molecule has 10 heteroatoms. The molecule has 0 radical (unpaired) electrons. The first-order chi connectivity index (χ1) is 20.2. The predicted octanol–water partition coefficient (Wildman–Crippen LogP) is 5.30. The molecule has 0 aliphatic heterocycles. The van der Waals surface area contributed by atoms with Crippen LogP contribution in [0.1, 0.15) is 37.0 Å². The molecule has 3 atom stereocenters. The first kappa shape index (κ1) is 31.2. The summed E-state index contributed by atoms with van der Waals surface area (Å²) in [4.78, 5) is 40.5. The van der Waals surface area contributed by atoms with E-state index in [1.807, 2.05) is 92.8 Å². The molecule has 4 rings (SSSR count). The third-order valence-electron chi connectivity index (χ3n) is 6.76. The molecule has 0 aliphatic rings. The van der Waals surface area contributed by atoms with Gasteiger partial charge < -0.3 is 24.5 Å². The van der Waals surface area contributed by atoms with Gasteiger partial charge in [0.2, 0.25) is 5.91 Å². The smallest absolute Gasteiger partial charge is 0.342 e. The molecule has 1 unspecified atom stereocenters. The van der Waals surface area contributed by atoms with Gasteiger partial charge >= 0.3 is 13.6 Å². The van der Waals surface area contributed by atoms with Crippen molar-refractivity contribution in [2.45, 2.75) is 52.0 Å². The molecule has 1 aromatic heterocycles. The highest BCUT2D eigenvalue weighted by Gasteiger charge is 2.30. The van der Waals surface area contributed by atoms with Gasteiger partial charge in [0, 0.05) is 23.5 Å². The van der Waals surface area contributed by atoms with E-state index < -0.39 is 37.8 Å². The van der Waals surface area contributed by atoms with Crippen LogP contribution in [0.5, 0.6) is 0 Å². The number of rotatable bonds is 15. The fourth-order valence-electron chi connectivity index (χ4n) is 4.59. The first-order valence-electron chi connectivity index (χ1n) is 14.0. The summed E-state index contributed by atoms with van der Waals surface area (Å²) in [6.07, 6.45) is 1.99. The first-order valence-corrected chi connectivity index (χ1v) is 15.8. The van der Waals surface area contributed by atoms with Crippen LogP contribution in [0, 0.1) is 5.92 Å². The molecule has 0 fully saturated rings. The van der Waals surface area contributed by atoms with Crippen molar-refractivity contribution < 1.29 is 28.3 Å². The minimum atomic E-state index is -4.05. The van der Waals surface area contributed by atoms with Gasteiger partial charge in [-0.25, -0.2) is 4.79 Å². The predicted molar refractivity (Wildman–Crippen MR) is 162 cm³/mol. The van der Waals surface area contributed by atoms with Crippen molar-refractivity contribution in [1.29, 1.82) is 0 Å². The van der Waals surface area contributed by atoms with Gasteiger partial charge in [-0.1, -0.05) is 92.7 Å². The Bertz CT molecular complexity index is 1490. The number of carbonyl (C=O) groups excluding carboxylic acids is 2. The van der Waals surface area contributed by atoms with Crippen LogP contribution in [-0.2, 0) is 43.0 Å². The summed E-state index contributed by atoms with van der Waals surface area (Å²) < 4.78 is 23.7. The van der Waals surface area contributed by atoms with E-state index in [1.165, 1.54) is 0 Å². The molecule has 4 N–H and O–H groups in total. The zero-order chi connectivity index (χ0) is 30.0. The molecule has 0 aliphatic carbocycles. The standard InChI is InChI=1S/C32H38N3O6P/c1-23(2)17-29(34-22-42(38,39)41-21-25-13-7-4-8-14-25)31(36)35-30(32(37)40-20-24-11-5-3-6-12-24)18-26-19-33-28-16-10-9-15-27(26)28/h3-16,19,23,29-30,33-34H,17-18,20-22H2,1-2H3,(H,35,36)(H,38,39)/t29-,30-/m0/s1. The molecule has 0 saturated heterocycles. The van der Waals surface area contributed by atoms with Crippen molar-refractivity contribution in [2.75, 3.05) is 6.29 Å². The summed E-state index contributed by atoms with van der Waals surface area (Å²) in [5.74, 6) is -0.943. The van der Waals surface area contributed by atoms with Crippen molar-refractivity contribution in [1.82, 2.24) is 15.6 Å². The largest absolute Gasteiger partial charge is 0.459 e. The van der Waals surface area contributed by atoms with Gasteiger partial charge in [-0.05, 0) is 35.1 Å². The highest BCUT2D eigenvalue weighted by Crippen LogP contribution is 2.41. The summed E-state index contributed by atoms with van der Waals surface area (Å²) in [6, 6.07) is 24.3. The Morgan fingerprint density at radius 1 is 0.881 bits per heavy atom. The van der Waals surface area contributed by atoms with E-state index in [2.05, 4.69) is 15.6 Å². The average Bonchev–Trinajstić information content (AvgIpc) is 3.40. The zero-order valence-corrected chi connectivity index (χ0v) is 24.8. The van der Waals surface area contributed by atoms with Gasteiger partial charge in [-0.15, -0.1) is 0 Å². The number of esters is 1. The van der Waals surface area contributed by atoms with Gasteiger partial charge in [0.1, 0.15) is 12.6 Å². The van der Waals surface area contributed by atoms with E-state index in [-0.39, 0.29) is 25.6 Å². The topological polar surface area (TPSA) is 130 Å². The lowest BCUT2D eigenvalue weighted by Crippen LogP contribution is -2.52. The number of aromatic nitrogens is 1. The second kappa shape index (κ2) is 14.9. The third-order valence-corrected chi connectivity index (χ3v) is 7.88. The number of para-hydroxylation sites is 1. The Labute approximate surface area is 246 Å². The van der Waals surface area contributed by atoms with E-state index in [0.29, 0.717) is 6.42 Å². The number of nitrogens with one attached hydrogen (secondary N) is 3. The Morgan fingerprint density at radius 3 is 2.17 bits per heavy atom. The lowest BCUT2D eigenvalue weighted by atomic mass is 10.0. The number of hydrogen-bond donors (Lipinski definition) is 4. The van der Waals surface area contributed by atoms with E-state index in [1.54, 1.807) is 12.1 Å². The molecule has 4 aromatic rings. The van der Waals surface area contributed by atoms with Gasteiger partial charge in [0.05, 0.1) is 18.9 Å². The fourth-order valence-corrected chi connectivity index (χ4v) is 5.48. The average molecular weight is 592 g/mol. The van der Waals surface area contributed by atoms with Crippen LogP contribution in [0.3, 0.4) is 0 Å². The molecule has 1 heterocycles.